The number of halogens is 1. The molecule has 1 aliphatic heterocycles. The molecule has 1 amide bonds. The van der Waals surface area contributed by atoms with Crippen molar-refractivity contribution in [3.8, 4) is 0 Å². The molecule has 22 heavy (non-hydrogen) atoms. The predicted octanol–water partition coefficient (Wildman–Crippen LogP) is 1.18. The highest BCUT2D eigenvalue weighted by molar-refractivity contribution is 8.13. The molecule has 0 bridgehead atoms. The van der Waals surface area contributed by atoms with Gasteiger partial charge in [0.1, 0.15) is 11.4 Å². The van der Waals surface area contributed by atoms with Gasteiger partial charge in [0.25, 0.3) is 0 Å². The van der Waals surface area contributed by atoms with Gasteiger partial charge in [-0.15, -0.1) is 0 Å². The summed E-state index contributed by atoms with van der Waals surface area (Å²) < 4.78 is 27.2. The Labute approximate surface area is 132 Å². The first-order valence-electron chi connectivity index (χ1n) is 6.66. The van der Waals surface area contributed by atoms with Crippen molar-refractivity contribution in [2.75, 3.05) is 23.8 Å². The van der Waals surface area contributed by atoms with Gasteiger partial charge < -0.3 is 4.74 Å². The standard InChI is InChI=1S/C13H15ClN2O5S/c1-2-21-13(18)10-4-3-5-15-12(10)16-7-9(6-11(16)17)8-22(14,19)20/h3-5,9H,2,6-8H2,1H3. The summed E-state index contributed by atoms with van der Waals surface area (Å²) in [6, 6.07) is 3.08. The van der Waals surface area contributed by atoms with Crippen LogP contribution >= 0.6 is 10.7 Å². The fourth-order valence-electron chi connectivity index (χ4n) is 2.36. The number of pyridine rings is 1. The SMILES string of the molecule is CCOC(=O)c1cccnc1N1CC(CS(=O)(=O)Cl)CC1=O. The lowest BCUT2D eigenvalue weighted by Crippen LogP contribution is -2.28. The van der Waals surface area contributed by atoms with Crippen molar-refractivity contribution in [3.63, 3.8) is 0 Å². The van der Waals surface area contributed by atoms with Crippen LogP contribution in [0.1, 0.15) is 23.7 Å². The lowest BCUT2D eigenvalue weighted by atomic mass is 10.1. The number of hydrogen-bond acceptors (Lipinski definition) is 6. The highest BCUT2D eigenvalue weighted by Gasteiger charge is 2.35. The third kappa shape index (κ3) is 3.95. The van der Waals surface area contributed by atoms with Crippen molar-refractivity contribution in [2.45, 2.75) is 13.3 Å². The second-order valence-electron chi connectivity index (χ2n) is 4.88. The van der Waals surface area contributed by atoms with Crippen LogP contribution in [0.5, 0.6) is 0 Å². The summed E-state index contributed by atoms with van der Waals surface area (Å²) in [5.74, 6) is -1.41. The minimum absolute atomic E-state index is 0.0464. The van der Waals surface area contributed by atoms with E-state index in [9.17, 15) is 18.0 Å². The summed E-state index contributed by atoms with van der Waals surface area (Å²) in [6.45, 7) is 2.03. The Morgan fingerprint density at radius 3 is 2.91 bits per heavy atom. The Balaban J connectivity index is 2.25. The van der Waals surface area contributed by atoms with Gasteiger partial charge in [-0.25, -0.2) is 18.2 Å². The van der Waals surface area contributed by atoms with E-state index in [4.69, 9.17) is 15.4 Å². The number of carbonyl (C=O) groups is 2. The van der Waals surface area contributed by atoms with Crippen LogP contribution < -0.4 is 4.90 Å². The maximum atomic E-state index is 12.1. The van der Waals surface area contributed by atoms with Gasteiger partial charge in [-0.2, -0.15) is 0 Å². The van der Waals surface area contributed by atoms with Crippen LogP contribution in [-0.4, -0.2) is 44.2 Å². The first-order chi connectivity index (χ1) is 10.3. The highest BCUT2D eigenvalue weighted by atomic mass is 35.7. The number of esters is 1. The molecule has 0 aromatic carbocycles. The molecule has 2 rings (SSSR count). The molecule has 0 radical (unpaired) electrons. The first kappa shape index (κ1) is 16.7. The summed E-state index contributed by atoms with van der Waals surface area (Å²) in [7, 11) is 1.54. The fourth-order valence-corrected chi connectivity index (χ4v) is 3.68. The molecule has 0 saturated carbocycles. The number of ether oxygens (including phenoxy) is 1. The molecular formula is C13H15ClN2O5S. The summed E-state index contributed by atoms with van der Waals surface area (Å²) in [5, 5.41) is 0. The maximum Gasteiger partial charge on any atom is 0.341 e. The van der Waals surface area contributed by atoms with Gasteiger partial charge in [-0.3, -0.25) is 9.69 Å². The Hall–Kier alpha value is -1.67. The van der Waals surface area contributed by atoms with Crippen LogP contribution in [-0.2, 0) is 18.6 Å². The highest BCUT2D eigenvalue weighted by Crippen LogP contribution is 2.28. The monoisotopic (exact) mass is 346 g/mol. The zero-order valence-electron chi connectivity index (χ0n) is 11.9. The van der Waals surface area contributed by atoms with Gasteiger partial charge in [-0.1, -0.05) is 0 Å². The molecule has 1 fully saturated rings. The van der Waals surface area contributed by atoms with E-state index >= 15 is 0 Å². The minimum Gasteiger partial charge on any atom is -0.462 e. The molecule has 0 N–H and O–H groups in total. The van der Waals surface area contributed by atoms with Crippen LogP contribution in [0.2, 0.25) is 0 Å². The Bertz CT molecular complexity index is 691. The quantitative estimate of drug-likeness (QED) is 0.587. The van der Waals surface area contributed by atoms with Gasteiger partial charge in [0.05, 0.1) is 12.4 Å². The molecule has 0 aliphatic carbocycles. The largest absolute Gasteiger partial charge is 0.462 e. The normalized spacial score (nSPS) is 18.5. The molecule has 9 heteroatoms. The summed E-state index contributed by atoms with van der Waals surface area (Å²) in [4.78, 5) is 29.4. The average Bonchev–Trinajstić information content (AvgIpc) is 2.77. The third-order valence-corrected chi connectivity index (χ3v) is 4.43. The molecule has 1 aromatic rings. The smallest absolute Gasteiger partial charge is 0.341 e. The number of carbonyl (C=O) groups excluding carboxylic acids is 2. The van der Waals surface area contributed by atoms with Crippen LogP contribution in [0.15, 0.2) is 18.3 Å². The fraction of sp³-hybridized carbons (Fsp3) is 0.462. The van der Waals surface area contributed by atoms with Crippen molar-refractivity contribution >= 4 is 37.4 Å². The molecule has 2 heterocycles. The molecule has 7 nitrogen and oxygen atoms in total. The summed E-state index contributed by atoms with van der Waals surface area (Å²) in [5.41, 5.74) is 0.173. The van der Waals surface area contributed by atoms with Crippen LogP contribution in [0.3, 0.4) is 0 Å². The second-order valence-corrected chi connectivity index (χ2v) is 7.70. The Kier molecular flexibility index (Phi) is 5.02. The zero-order valence-corrected chi connectivity index (χ0v) is 13.4. The summed E-state index contributed by atoms with van der Waals surface area (Å²) in [6.07, 6.45) is 1.50. The first-order valence-corrected chi connectivity index (χ1v) is 9.14. The van der Waals surface area contributed by atoms with Crippen LogP contribution in [0.4, 0.5) is 5.82 Å². The van der Waals surface area contributed by atoms with Gasteiger partial charge in [-0.05, 0) is 19.1 Å². The van der Waals surface area contributed by atoms with Crippen LogP contribution in [0.25, 0.3) is 0 Å². The molecular weight excluding hydrogens is 332 g/mol. The average molecular weight is 347 g/mol. The minimum atomic E-state index is -3.69. The molecule has 120 valence electrons. The van der Waals surface area contributed by atoms with Crippen molar-refractivity contribution in [1.29, 1.82) is 0 Å². The van der Waals surface area contributed by atoms with Gasteiger partial charge >= 0.3 is 5.97 Å². The van der Waals surface area contributed by atoms with Crippen molar-refractivity contribution in [1.82, 2.24) is 4.98 Å². The van der Waals surface area contributed by atoms with Crippen molar-refractivity contribution < 1.29 is 22.7 Å². The van der Waals surface area contributed by atoms with Crippen LogP contribution in [0, 0.1) is 5.92 Å². The maximum absolute atomic E-state index is 12.1. The van der Waals surface area contributed by atoms with E-state index in [-0.39, 0.29) is 42.6 Å². The molecule has 1 unspecified atom stereocenters. The predicted molar refractivity (Wildman–Crippen MR) is 80.3 cm³/mol. The second kappa shape index (κ2) is 6.62. The van der Waals surface area contributed by atoms with E-state index in [1.54, 1.807) is 13.0 Å². The molecule has 1 saturated heterocycles. The number of aromatic nitrogens is 1. The topological polar surface area (TPSA) is 93.6 Å². The van der Waals surface area contributed by atoms with E-state index in [0.717, 1.165) is 0 Å². The number of nitrogens with zero attached hydrogens (tertiary/aromatic N) is 2. The lowest BCUT2D eigenvalue weighted by Gasteiger charge is -2.18. The molecule has 1 aliphatic rings. The van der Waals surface area contributed by atoms with E-state index in [0.29, 0.717) is 0 Å². The third-order valence-electron chi connectivity index (χ3n) is 3.18. The molecule has 1 atom stereocenters. The molecule has 0 spiro atoms. The Morgan fingerprint density at radius 1 is 1.55 bits per heavy atom. The lowest BCUT2D eigenvalue weighted by molar-refractivity contribution is -0.117. The van der Waals surface area contributed by atoms with E-state index < -0.39 is 20.9 Å². The number of anilines is 1. The van der Waals surface area contributed by atoms with Gasteiger partial charge in [0.15, 0.2) is 0 Å². The van der Waals surface area contributed by atoms with Crippen molar-refractivity contribution in [2.24, 2.45) is 5.92 Å². The van der Waals surface area contributed by atoms with E-state index in [1.807, 2.05) is 0 Å². The number of rotatable bonds is 5. The number of hydrogen-bond donors (Lipinski definition) is 0. The van der Waals surface area contributed by atoms with Gasteiger partial charge in [0.2, 0.25) is 15.0 Å². The molecule has 1 aromatic heterocycles. The van der Waals surface area contributed by atoms with E-state index in [2.05, 4.69) is 4.98 Å². The zero-order chi connectivity index (χ0) is 16.3. The Morgan fingerprint density at radius 2 is 2.27 bits per heavy atom. The van der Waals surface area contributed by atoms with Gasteiger partial charge in [0, 0.05) is 35.8 Å². The number of amides is 1. The summed E-state index contributed by atoms with van der Waals surface area (Å²) >= 11 is 0. The van der Waals surface area contributed by atoms with E-state index in [1.165, 1.54) is 17.2 Å². The van der Waals surface area contributed by atoms with Crippen molar-refractivity contribution in [3.05, 3.63) is 23.9 Å².